The zero-order chi connectivity index (χ0) is 17.9. The predicted molar refractivity (Wildman–Crippen MR) is 105 cm³/mol. The van der Waals surface area contributed by atoms with Gasteiger partial charge in [0.1, 0.15) is 5.75 Å². The van der Waals surface area contributed by atoms with Gasteiger partial charge in [-0.2, -0.15) is 5.10 Å². The summed E-state index contributed by atoms with van der Waals surface area (Å²) in [5.74, 6) is 0.614. The number of nitrogens with one attached hydrogen (secondary N) is 1. The zero-order valence-corrected chi connectivity index (χ0v) is 16.0. The van der Waals surface area contributed by atoms with E-state index in [-0.39, 0.29) is 5.91 Å². The lowest BCUT2D eigenvalue weighted by atomic mass is 10.2. The van der Waals surface area contributed by atoms with Crippen LogP contribution in [-0.2, 0) is 0 Å². The van der Waals surface area contributed by atoms with Crippen LogP contribution in [0.4, 0.5) is 0 Å². The lowest BCUT2D eigenvalue weighted by Crippen LogP contribution is -2.17. The molecule has 0 radical (unpaired) electrons. The maximum atomic E-state index is 11.9. The highest BCUT2D eigenvalue weighted by Gasteiger charge is 2.02. The Balaban J connectivity index is 1.77. The Morgan fingerprint density at radius 2 is 1.80 bits per heavy atom. The van der Waals surface area contributed by atoms with Crippen LogP contribution in [0.25, 0.3) is 0 Å². The van der Waals surface area contributed by atoms with Gasteiger partial charge in [-0.15, -0.1) is 0 Å². The molecule has 0 fully saturated rings. The lowest BCUT2D eigenvalue weighted by molar-refractivity contribution is 0.0955. The van der Waals surface area contributed by atoms with Crippen LogP contribution in [0.2, 0.25) is 0 Å². The summed E-state index contributed by atoms with van der Waals surface area (Å²) >= 11 is 3.34. The molecule has 132 valence electrons. The topological polar surface area (TPSA) is 50.7 Å². The monoisotopic (exact) mass is 402 g/mol. The van der Waals surface area contributed by atoms with Gasteiger partial charge >= 0.3 is 0 Å². The highest BCUT2D eigenvalue weighted by molar-refractivity contribution is 9.10. The molecule has 0 aliphatic rings. The highest BCUT2D eigenvalue weighted by Crippen LogP contribution is 2.12. The van der Waals surface area contributed by atoms with E-state index in [2.05, 4.69) is 33.4 Å². The number of amides is 1. The molecule has 25 heavy (non-hydrogen) atoms. The van der Waals surface area contributed by atoms with Crippen LogP contribution >= 0.6 is 15.9 Å². The summed E-state index contributed by atoms with van der Waals surface area (Å²) in [6.45, 7) is 2.94. The van der Waals surface area contributed by atoms with Crippen molar-refractivity contribution in [1.82, 2.24) is 5.43 Å². The van der Waals surface area contributed by atoms with Crippen LogP contribution < -0.4 is 10.2 Å². The van der Waals surface area contributed by atoms with Gasteiger partial charge in [-0.25, -0.2) is 5.43 Å². The molecule has 0 saturated carbocycles. The first-order chi connectivity index (χ1) is 12.2. The Morgan fingerprint density at radius 3 is 2.48 bits per heavy atom. The van der Waals surface area contributed by atoms with E-state index in [1.165, 1.54) is 19.3 Å². The molecular weight excluding hydrogens is 380 g/mol. The van der Waals surface area contributed by atoms with Gasteiger partial charge in [0.15, 0.2) is 0 Å². The second kappa shape index (κ2) is 10.7. The first-order valence-corrected chi connectivity index (χ1v) is 9.30. The molecule has 2 aromatic rings. The minimum absolute atomic E-state index is 0.240. The first-order valence-electron chi connectivity index (χ1n) is 8.51. The fourth-order valence-corrected chi connectivity index (χ4v) is 2.46. The minimum atomic E-state index is -0.240. The standard InChI is InChI=1S/C20H23BrN2O2/c1-2-3-4-5-14-25-19-12-6-16(7-13-19)15-22-23-20(24)17-8-10-18(21)11-9-17/h6-13,15H,2-5,14H2,1H3,(H,23,24)/b22-15+. The summed E-state index contributed by atoms with van der Waals surface area (Å²) in [7, 11) is 0. The van der Waals surface area contributed by atoms with Gasteiger partial charge in [-0.3, -0.25) is 4.79 Å². The molecule has 0 unspecified atom stereocenters. The summed E-state index contributed by atoms with van der Waals surface area (Å²) < 4.78 is 6.63. The molecule has 2 aromatic carbocycles. The van der Waals surface area contributed by atoms with Crippen molar-refractivity contribution in [1.29, 1.82) is 0 Å². The largest absolute Gasteiger partial charge is 0.494 e. The maximum Gasteiger partial charge on any atom is 0.271 e. The number of nitrogens with zero attached hydrogens (tertiary/aromatic N) is 1. The molecule has 1 N–H and O–H groups in total. The average molecular weight is 403 g/mol. The normalized spacial score (nSPS) is 10.8. The molecule has 1 amide bonds. The van der Waals surface area contributed by atoms with Gasteiger partial charge in [0.25, 0.3) is 5.91 Å². The van der Waals surface area contributed by atoms with Gasteiger partial charge in [0.2, 0.25) is 0 Å². The average Bonchev–Trinajstić information content (AvgIpc) is 2.63. The Bertz CT molecular complexity index is 682. The van der Waals surface area contributed by atoms with E-state index >= 15 is 0 Å². The first kappa shape index (κ1) is 19.2. The minimum Gasteiger partial charge on any atom is -0.494 e. The van der Waals surface area contributed by atoms with Crippen LogP contribution in [0.1, 0.15) is 48.5 Å². The van der Waals surface area contributed by atoms with Crippen molar-refractivity contribution in [3.63, 3.8) is 0 Å². The van der Waals surface area contributed by atoms with Crippen molar-refractivity contribution in [3.05, 3.63) is 64.1 Å². The third-order valence-electron chi connectivity index (χ3n) is 3.63. The van der Waals surface area contributed by atoms with Crippen LogP contribution in [0, 0.1) is 0 Å². The molecule has 4 nitrogen and oxygen atoms in total. The van der Waals surface area contributed by atoms with Gasteiger partial charge in [0.05, 0.1) is 12.8 Å². The van der Waals surface area contributed by atoms with Gasteiger partial charge in [0, 0.05) is 10.0 Å². The van der Waals surface area contributed by atoms with Crippen molar-refractivity contribution < 1.29 is 9.53 Å². The zero-order valence-electron chi connectivity index (χ0n) is 14.4. The van der Waals surface area contributed by atoms with E-state index in [4.69, 9.17) is 4.74 Å². The van der Waals surface area contributed by atoms with E-state index in [1.54, 1.807) is 18.3 Å². The van der Waals surface area contributed by atoms with Crippen LogP contribution in [0.15, 0.2) is 58.1 Å². The second-order valence-corrected chi connectivity index (χ2v) is 6.60. The van der Waals surface area contributed by atoms with Crippen molar-refractivity contribution in [2.75, 3.05) is 6.61 Å². The second-order valence-electron chi connectivity index (χ2n) is 5.68. The third kappa shape index (κ3) is 7.10. The highest BCUT2D eigenvalue weighted by atomic mass is 79.9. The molecule has 0 bridgehead atoms. The van der Waals surface area contributed by atoms with E-state index < -0.39 is 0 Å². The molecule has 0 atom stereocenters. The van der Waals surface area contributed by atoms with Crippen LogP contribution in [0.5, 0.6) is 5.75 Å². The quantitative estimate of drug-likeness (QED) is 0.357. The molecule has 0 aliphatic heterocycles. The number of carbonyl (C=O) groups is 1. The molecule has 0 aliphatic carbocycles. The van der Waals surface area contributed by atoms with Crippen molar-refractivity contribution in [2.24, 2.45) is 5.10 Å². The fraction of sp³-hybridized carbons (Fsp3) is 0.300. The van der Waals surface area contributed by atoms with E-state index in [0.717, 1.165) is 28.8 Å². The van der Waals surface area contributed by atoms with Crippen LogP contribution in [-0.4, -0.2) is 18.7 Å². The number of unbranched alkanes of at least 4 members (excludes halogenated alkanes) is 3. The number of hydrogen-bond donors (Lipinski definition) is 1. The number of hydrogen-bond acceptors (Lipinski definition) is 3. The number of rotatable bonds is 9. The summed E-state index contributed by atoms with van der Waals surface area (Å²) in [4.78, 5) is 11.9. The summed E-state index contributed by atoms with van der Waals surface area (Å²) in [6.07, 6.45) is 6.39. The third-order valence-corrected chi connectivity index (χ3v) is 4.16. The van der Waals surface area contributed by atoms with E-state index in [9.17, 15) is 4.79 Å². The molecule has 5 heteroatoms. The smallest absolute Gasteiger partial charge is 0.271 e. The summed E-state index contributed by atoms with van der Waals surface area (Å²) in [5, 5.41) is 3.99. The summed E-state index contributed by atoms with van der Waals surface area (Å²) in [5.41, 5.74) is 3.98. The number of halogens is 1. The predicted octanol–water partition coefficient (Wildman–Crippen LogP) is 5.17. The van der Waals surface area contributed by atoms with Gasteiger partial charge < -0.3 is 4.74 Å². The van der Waals surface area contributed by atoms with E-state index in [1.807, 2.05) is 36.4 Å². The molecule has 0 spiro atoms. The summed E-state index contributed by atoms with van der Waals surface area (Å²) in [6, 6.07) is 14.8. The number of benzene rings is 2. The molecule has 0 aromatic heterocycles. The van der Waals surface area contributed by atoms with Crippen molar-refractivity contribution in [2.45, 2.75) is 32.6 Å². The Labute approximate surface area is 157 Å². The maximum absolute atomic E-state index is 11.9. The number of hydrazone groups is 1. The van der Waals surface area contributed by atoms with Gasteiger partial charge in [-0.05, 0) is 60.5 Å². The molecule has 0 saturated heterocycles. The fourth-order valence-electron chi connectivity index (χ4n) is 2.20. The lowest BCUT2D eigenvalue weighted by Gasteiger charge is -2.06. The van der Waals surface area contributed by atoms with Gasteiger partial charge in [-0.1, -0.05) is 42.1 Å². The SMILES string of the molecule is CCCCCCOc1ccc(/C=N/NC(=O)c2ccc(Br)cc2)cc1. The molecule has 0 heterocycles. The Morgan fingerprint density at radius 1 is 1.08 bits per heavy atom. The number of ether oxygens (including phenoxy) is 1. The Kier molecular flexibility index (Phi) is 8.19. The van der Waals surface area contributed by atoms with Crippen molar-refractivity contribution >= 4 is 28.1 Å². The molecule has 2 rings (SSSR count). The van der Waals surface area contributed by atoms with Crippen LogP contribution in [0.3, 0.4) is 0 Å². The van der Waals surface area contributed by atoms with Crippen molar-refractivity contribution in [3.8, 4) is 5.75 Å². The molecular formula is C20H23BrN2O2. The Hall–Kier alpha value is -2.14. The van der Waals surface area contributed by atoms with E-state index in [0.29, 0.717) is 5.56 Å². The number of carbonyl (C=O) groups excluding carboxylic acids is 1.